The molecule has 188 valence electrons. The molecular formula is C23H28F2N6O3S. The van der Waals surface area contributed by atoms with Crippen LogP contribution in [0, 0.1) is 11.6 Å². The lowest BCUT2D eigenvalue weighted by molar-refractivity contribution is 0.0252. The van der Waals surface area contributed by atoms with E-state index in [4.69, 9.17) is 14.8 Å². The van der Waals surface area contributed by atoms with Crippen LogP contribution in [0.25, 0.3) is 11.2 Å². The summed E-state index contributed by atoms with van der Waals surface area (Å²) in [7, 11) is 0. The van der Waals surface area contributed by atoms with Gasteiger partial charge in [-0.1, -0.05) is 30.0 Å². The van der Waals surface area contributed by atoms with Gasteiger partial charge in [0, 0.05) is 24.1 Å². The monoisotopic (exact) mass is 506 g/mol. The smallest absolute Gasteiger partial charge is 0.191 e. The Kier molecular flexibility index (Phi) is 7.14. The van der Waals surface area contributed by atoms with Gasteiger partial charge in [-0.05, 0) is 37.0 Å². The molecule has 2 saturated carbocycles. The molecule has 12 heteroatoms. The maximum atomic E-state index is 13.7. The molecule has 0 radical (unpaired) electrons. The number of ether oxygens (including phenoxy) is 1. The Labute approximate surface area is 205 Å². The third-order valence-electron chi connectivity index (χ3n) is 6.43. The molecule has 0 saturated heterocycles. The van der Waals surface area contributed by atoms with Gasteiger partial charge >= 0.3 is 0 Å². The van der Waals surface area contributed by atoms with Crippen LogP contribution >= 0.6 is 11.8 Å². The standard InChI is InChI=1S/C23H28F2N6O3S/c1-2-7-35-23-27-21(26-17-11-14(17)12-3-4-15(24)16(25)8-12)20-22(28-23)31(30-29-20)18-9-13(10-19(18)33)34-6-5-32/h3-4,8,13-14,17-19,32-33H,2,5-7,9-11H2,1H3,(H,26,27,28)/t13-,14-,17+,18+,19+/m0/s1. The molecular weight excluding hydrogens is 478 g/mol. The summed E-state index contributed by atoms with van der Waals surface area (Å²) < 4.78 is 34.3. The number of nitrogens with one attached hydrogen (secondary N) is 1. The minimum absolute atomic E-state index is 0.000435. The van der Waals surface area contributed by atoms with Crippen LogP contribution in [0.1, 0.15) is 50.1 Å². The summed E-state index contributed by atoms with van der Waals surface area (Å²) in [5.41, 5.74) is 1.76. The number of benzene rings is 1. The largest absolute Gasteiger partial charge is 0.394 e. The normalized spacial score (nSPS) is 25.9. The number of anilines is 1. The van der Waals surface area contributed by atoms with Gasteiger partial charge < -0.3 is 20.3 Å². The molecule has 2 aliphatic carbocycles. The van der Waals surface area contributed by atoms with Crippen LogP contribution in [0.15, 0.2) is 23.4 Å². The quantitative estimate of drug-likeness (QED) is 0.282. The van der Waals surface area contributed by atoms with Gasteiger partial charge in [0.05, 0.1) is 31.5 Å². The SMILES string of the molecule is CCCSc1nc(N[C@@H]2C[C@H]2c2ccc(F)c(F)c2)c2nnn([C@@H]3C[C@H](OCCO)C[C@H]3O)c2n1. The number of rotatable bonds is 10. The van der Waals surface area contributed by atoms with Gasteiger partial charge in [-0.25, -0.2) is 23.4 Å². The number of nitrogens with zero attached hydrogens (tertiary/aromatic N) is 5. The maximum Gasteiger partial charge on any atom is 0.191 e. The number of aliphatic hydroxyl groups is 2. The number of halogens is 2. The molecule has 0 aliphatic heterocycles. The average molecular weight is 507 g/mol. The minimum Gasteiger partial charge on any atom is -0.394 e. The number of aromatic nitrogens is 5. The third-order valence-corrected chi connectivity index (χ3v) is 7.49. The fourth-order valence-electron chi connectivity index (χ4n) is 4.60. The van der Waals surface area contributed by atoms with E-state index in [1.807, 2.05) is 0 Å². The first-order valence-corrected chi connectivity index (χ1v) is 12.8. The van der Waals surface area contributed by atoms with Crippen molar-refractivity contribution in [1.82, 2.24) is 25.0 Å². The van der Waals surface area contributed by atoms with Crippen LogP contribution in [0.5, 0.6) is 0 Å². The first-order chi connectivity index (χ1) is 17.0. The van der Waals surface area contributed by atoms with Crippen molar-refractivity contribution in [3.63, 3.8) is 0 Å². The molecule has 0 bridgehead atoms. The topological polar surface area (TPSA) is 118 Å². The van der Waals surface area contributed by atoms with Crippen LogP contribution in [-0.2, 0) is 4.74 Å². The summed E-state index contributed by atoms with van der Waals surface area (Å²) in [4.78, 5) is 9.36. The Hall–Kier alpha value is -2.41. The van der Waals surface area contributed by atoms with Gasteiger partial charge in [-0.15, -0.1) is 5.10 Å². The molecule has 2 aromatic heterocycles. The van der Waals surface area contributed by atoms with Crippen molar-refractivity contribution in [1.29, 1.82) is 0 Å². The molecule has 3 N–H and O–H groups in total. The second-order valence-electron chi connectivity index (χ2n) is 9.00. The Bertz CT molecular complexity index is 1200. The lowest BCUT2D eigenvalue weighted by Gasteiger charge is -2.15. The molecule has 2 heterocycles. The van der Waals surface area contributed by atoms with Crippen LogP contribution in [-0.4, -0.2) is 72.4 Å². The highest BCUT2D eigenvalue weighted by Crippen LogP contribution is 2.44. The van der Waals surface area contributed by atoms with Crippen LogP contribution in [0.2, 0.25) is 0 Å². The van der Waals surface area contributed by atoms with Gasteiger partial charge in [0.1, 0.15) is 0 Å². The van der Waals surface area contributed by atoms with Crippen LogP contribution < -0.4 is 5.32 Å². The summed E-state index contributed by atoms with van der Waals surface area (Å²) in [6.45, 7) is 2.22. The Balaban J connectivity index is 1.41. The number of thioether (sulfide) groups is 1. The van der Waals surface area contributed by atoms with E-state index in [9.17, 15) is 13.9 Å². The molecule has 2 fully saturated rings. The summed E-state index contributed by atoms with van der Waals surface area (Å²) >= 11 is 1.53. The van der Waals surface area contributed by atoms with Crippen molar-refractivity contribution in [3.05, 3.63) is 35.4 Å². The third kappa shape index (κ3) is 5.11. The first-order valence-electron chi connectivity index (χ1n) is 11.9. The number of hydrogen-bond acceptors (Lipinski definition) is 9. The van der Waals surface area contributed by atoms with Crippen molar-refractivity contribution in [2.45, 2.75) is 68.0 Å². The van der Waals surface area contributed by atoms with Gasteiger partial charge in [0.2, 0.25) is 0 Å². The molecule has 5 rings (SSSR count). The molecule has 0 amide bonds. The van der Waals surface area contributed by atoms with E-state index in [1.165, 1.54) is 17.8 Å². The summed E-state index contributed by atoms with van der Waals surface area (Å²) in [5.74, 6) is -0.288. The first kappa shape index (κ1) is 24.3. The minimum atomic E-state index is -0.858. The van der Waals surface area contributed by atoms with Gasteiger partial charge in [-0.2, -0.15) is 0 Å². The van der Waals surface area contributed by atoms with E-state index in [0.29, 0.717) is 35.0 Å². The molecule has 5 atom stereocenters. The van der Waals surface area contributed by atoms with E-state index in [-0.39, 0.29) is 37.3 Å². The molecule has 0 spiro atoms. The van der Waals surface area contributed by atoms with Crippen molar-refractivity contribution in [2.75, 3.05) is 24.3 Å². The van der Waals surface area contributed by atoms with E-state index in [0.717, 1.165) is 30.2 Å². The van der Waals surface area contributed by atoms with E-state index >= 15 is 0 Å². The number of hydrogen-bond donors (Lipinski definition) is 3. The van der Waals surface area contributed by atoms with Crippen molar-refractivity contribution < 1.29 is 23.7 Å². The number of aliphatic hydroxyl groups excluding tert-OH is 2. The average Bonchev–Trinajstić information content (AvgIpc) is 3.32. The zero-order chi connectivity index (χ0) is 24.5. The fraction of sp³-hybridized carbons (Fsp3) is 0.565. The number of fused-ring (bicyclic) bond motifs is 1. The lowest BCUT2D eigenvalue weighted by Crippen LogP contribution is -2.20. The molecule has 1 aromatic carbocycles. The summed E-state index contributed by atoms with van der Waals surface area (Å²) in [5, 5.41) is 32.3. The predicted octanol–water partition coefficient (Wildman–Crippen LogP) is 3.04. The van der Waals surface area contributed by atoms with Crippen molar-refractivity contribution in [3.8, 4) is 0 Å². The lowest BCUT2D eigenvalue weighted by atomic mass is 10.1. The molecule has 0 unspecified atom stereocenters. The highest BCUT2D eigenvalue weighted by molar-refractivity contribution is 7.99. The van der Waals surface area contributed by atoms with E-state index < -0.39 is 17.7 Å². The van der Waals surface area contributed by atoms with Crippen LogP contribution in [0.3, 0.4) is 0 Å². The fourth-order valence-corrected chi connectivity index (χ4v) is 5.29. The zero-order valence-electron chi connectivity index (χ0n) is 19.3. The van der Waals surface area contributed by atoms with Gasteiger partial charge in [-0.3, -0.25) is 0 Å². The second kappa shape index (κ2) is 10.3. The van der Waals surface area contributed by atoms with E-state index in [1.54, 1.807) is 10.7 Å². The summed E-state index contributed by atoms with van der Waals surface area (Å²) in [6.07, 6.45) is 1.83. The maximum absolute atomic E-state index is 13.7. The van der Waals surface area contributed by atoms with Crippen molar-refractivity contribution >= 4 is 28.7 Å². The molecule has 9 nitrogen and oxygen atoms in total. The van der Waals surface area contributed by atoms with E-state index in [2.05, 4.69) is 27.5 Å². The summed E-state index contributed by atoms with van der Waals surface area (Å²) in [6, 6.07) is 3.65. The Morgan fingerprint density at radius 1 is 1.20 bits per heavy atom. The second-order valence-corrected chi connectivity index (χ2v) is 10.1. The highest BCUT2D eigenvalue weighted by Gasteiger charge is 2.40. The molecule has 2 aliphatic rings. The van der Waals surface area contributed by atoms with Crippen molar-refractivity contribution in [2.24, 2.45) is 0 Å². The van der Waals surface area contributed by atoms with Gasteiger partial charge in [0.25, 0.3) is 0 Å². The molecule has 35 heavy (non-hydrogen) atoms. The van der Waals surface area contributed by atoms with Crippen LogP contribution in [0.4, 0.5) is 14.6 Å². The Morgan fingerprint density at radius 3 is 2.83 bits per heavy atom. The zero-order valence-corrected chi connectivity index (χ0v) is 20.1. The predicted molar refractivity (Wildman–Crippen MR) is 126 cm³/mol. The van der Waals surface area contributed by atoms with Gasteiger partial charge in [0.15, 0.2) is 33.8 Å². The Morgan fingerprint density at radius 2 is 2.06 bits per heavy atom. The molecule has 3 aromatic rings. The highest BCUT2D eigenvalue weighted by atomic mass is 32.2.